The van der Waals surface area contributed by atoms with E-state index in [0.717, 1.165) is 32.1 Å². The highest BCUT2D eigenvalue weighted by molar-refractivity contribution is 5.98. The molecule has 0 bridgehead atoms. The van der Waals surface area contributed by atoms with Gasteiger partial charge in [-0.25, -0.2) is 0 Å². The standard InChI is InChI=1S/C30H42O8/c1-14(20-13-27(4)29(6,38-27)25(34)36-20)18-12-19(35-15(2)31)24-16-11-23-30(37-23)22(33)8-7-21(32)28(30,5)17(16)9-10-26(18,24)3/h7-8,14,16-20,22-25,33-34H,9-13H2,1-6H3/t14-,16?,17?,18?,19-,20-,22+,23-,24?,25-,26-,27+,28+,29-,30-/m1/s1. The number of epoxide rings is 2. The number of fused-ring (bicyclic) bond motifs is 5. The van der Waals surface area contributed by atoms with Gasteiger partial charge < -0.3 is 29.2 Å². The average Bonchev–Trinajstić information content (AvgIpc) is 3.68. The average molecular weight is 531 g/mol. The van der Waals surface area contributed by atoms with Crippen LogP contribution in [0.1, 0.15) is 73.6 Å². The van der Waals surface area contributed by atoms with Gasteiger partial charge in [0.1, 0.15) is 29.0 Å². The Labute approximate surface area is 224 Å². The molecule has 0 amide bonds. The molecule has 7 rings (SSSR count). The van der Waals surface area contributed by atoms with Gasteiger partial charge in [-0.05, 0) is 87.7 Å². The van der Waals surface area contributed by atoms with E-state index < -0.39 is 34.6 Å². The molecule has 2 N–H and O–H groups in total. The van der Waals surface area contributed by atoms with Crippen molar-refractivity contribution in [2.24, 2.45) is 40.4 Å². The van der Waals surface area contributed by atoms with Crippen LogP contribution in [0.3, 0.4) is 0 Å². The van der Waals surface area contributed by atoms with Crippen LogP contribution < -0.4 is 0 Å². The number of hydrogen-bond acceptors (Lipinski definition) is 8. The molecule has 0 aromatic carbocycles. The first kappa shape index (κ1) is 25.6. The number of rotatable bonds is 3. The molecule has 8 nitrogen and oxygen atoms in total. The largest absolute Gasteiger partial charge is 0.462 e. The second kappa shape index (κ2) is 7.49. The Morgan fingerprint density at radius 3 is 2.61 bits per heavy atom. The number of hydrogen-bond donors (Lipinski definition) is 2. The molecule has 3 aliphatic heterocycles. The third kappa shape index (κ3) is 2.84. The van der Waals surface area contributed by atoms with E-state index in [4.69, 9.17) is 18.9 Å². The lowest BCUT2D eigenvalue weighted by Crippen LogP contribution is -2.64. The first-order chi connectivity index (χ1) is 17.7. The highest BCUT2D eigenvalue weighted by Gasteiger charge is 2.81. The molecule has 15 atom stereocenters. The second-order valence-corrected chi connectivity index (χ2v) is 14.4. The van der Waals surface area contributed by atoms with E-state index in [-0.39, 0.29) is 65.1 Å². The van der Waals surface area contributed by atoms with Crippen LogP contribution >= 0.6 is 0 Å². The molecule has 3 saturated carbocycles. The van der Waals surface area contributed by atoms with Crippen LogP contribution in [0, 0.1) is 40.4 Å². The molecular weight excluding hydrogens is 488 g/mol. The maximum atomic E-state index is 13.5. The molecule has 8 heteroatoms. The zero-order valence-corrected chi connectivity index (χ0v) is 23.3. The van der Waals surface area contributed by atoms with Crippen molar-refractivity contribution < 1.29 is 38.7 Å². The third-order valence-electron chi connectivity index (χ3n) is 13.0. The van der Waals surface area contributed by atoms with Gasteiger partial charge in [0.2, 0.25) is 0 Å². The van der Waals surface area contributed by atoms with E-state index >= 15 is 0 Å². The minimum Gasteiger partial charge on any atom is -0.462 e. The van der Waals surface area contributed by atoms with Crippen LogP contribution in [-0.4, -0.2) is 69.5 Å². The van der Waals surface area contributed by atoms with Gasteiger partial charge in [0.25, 0.3) is 0 Å². The third-order valence-corrected chi connectivity index (χ3v) is 13.0. The predicted molar refractivity (Wildman–Crippen MR) is 135 cm³/mol. The summed E-state index contributed by atoms with van der Waals surface area (Å²) in [4.78, 5) is 25.8. The maximum absolute atomic E-state index is 13.5. The summed E-state index contributed by atoms with van der Waals surface area (Å²) in [5.74, 6) is 0.378. The van der Waals surface area contributed by atoms with Gasteiger partial charge in [-0.3, -0.25) is 9.59 Å². The van der Waals surface area contributed by atoms with Crippen LogP contribution in [0.2, 0.25) is 0 Å². The zero-order chi connectivity index (χ0) is 27.2. The predicted octanol–water partition coefficient (Wildman–Crippen LogP) is 2.93. The summed E-state index contributed by atoms with van der Waals surface area (Å²) in [5, 5.41) is 21.7. The summed E-state index contributed by atoms with van der Waals surface area (Å²) in [6.07, 6.45) is 4.80. The van der Waals surface area contributed by atoms with E-state index in [1.807, 2.05) is 13.8 Å². The van der Waals surface area contributed by atoms with Crippen LogP contribution in [0.15, 0.2) is 12.2 Å². The van der Waals surface area contributed by atoms with Gasteiger partial charge in [0.15, 0.2) is 12.1 Å². The molecule has 210 valence electrons. The number of esters is 1. The lowest BCUT2D eigenvalue weighted by atomic mass is 9.44. The van der Waals surface area contributed by atoms with E-state index in [1.54, 1.807) is 12.2 Å². The molecule has 3 heterocycles. The summed E-state index contributed by atoms with van der Waals surface area (Å²) < 4.78 is 24.5. The Bertz CT molecular complexity index is 1120. The first-order valence-electron chi connectivity index (χ1n) is 14.5. The topological polar surface area (TPSA) is 118 Å². The van der Waals surface area contributed by atoms with Gasteiger partial charge in [0.05, 0.1) is 17.6 Å². The van der Waals surface area contributed by atoms with Crippen LogP contribution in [0.25, 0.3) is 0 Å². The number of ketones is 1. The number of aliphatic hydroxyl groups is 2. The van der Waals surface area contributed by atoms with Gasteiger partial charge >= 0.3 is 5.97 Å². The molecule has 7 aliphatic rings. The molecule has 1 spiro atoms. The summed E-state index contributed by atoms with van der Waals surface area (Å²) in [6, 6.07) is 0. The molecule has 0 aromatic heterocycles. The number of ether oxygens (including phenoxy) is 4. The fourth-order valence-electron chi connectivity index (χ4n) is 10.7. The molecule has 4 unspecified atom stereocenters. The Morgan fingerprint density at radius 1 is 1.18 bits per heavy atom. The zero-order valence-electron chi connectivity index (χ0n) is 23.3. The lowest BCUT2D eigenvalue weighted by Gasteiger charge is -2.58. The van der Waals surface area contributed by atoms with E-state index in [2.05, 4.69) is 20.8 Å². The number of allylic oxidation sites excluding steroid dienone is 1. The lowest BCUT2D eigenvalue weighted by molar-refractivity contribution is -0.204. The Morgan fingerprint density at radius 2 is 1.92 bits per heavy atom. The van der Waals surface area contributed by atoms with Crippen molar-refractivity contribution in [1.82, 2.24) is 0 Å². The Kier molecular flexibility index (Phi) is 5.05. The fourth-order valence-corrected chi connectivity index (χ4v) is 10.7. The summed E-state index contributed by atoms with van der Waals surface area (Å²) >= 11 is 0. The molecule has 3 saturated heterocycles. The summed E-state index contributed by atoms with van der Waals surface area (Å²) in [7, 11) is 0. The van der Waals surface area contributed by atoms with Gasteiger partial charge in [-0.1, -0.05) is 13.8 Å². The van der Waals surface area contributed by atoms with Crippen molar-refractivity contribution in [3.8, 4) is 0 Å². The molecule has 0 radical (unpaired) electrons. The maximum Gasteiger partial charge on any atom is 0.302 e. The fraction of sp³-hybridized carbons (Fsp3) is 0.867. The molecule has 6 fully saturated rings. The van der Waals surface area contributed by atoms with Crippen molar-refractivity contribution >= 4 is 11.8 Å². The van der Waals surface area contributed by atoms with Gasteiger partial charge in [0, 0.05) is 19.3 Å². The van der Waals surface area contributed by atoms with Crippen LogP contribution in [-0.2, 0) is 28.5 Å². The van der Waals surface area contributed by atoms with Crippen LogP contribution in [0.4, 0.5) is 0 Å². The number of carbonyl (C=O) groups is 2. The van der Waals surface area contributed by atoms with Gasteiger partial charge in [-0.15, -0.1) is 0 Å². The second-order valence-electron chi connectivity index (χ2n) is 14.4. The van der Waals surface area contributed by atoms with E-state index in [9.17, 15) is 19.8 Å². The van der Waals surface area contributed by atoms with Crippen LogP contribution in [0.5, 0.6) is 0 Å². The highest BCUT2D eigenvalue weighted by atomic mass is 16.7. The minimum absolute atomic E-state index is 0.0425. The summed E-state index contributed by atoms with van der Waals surface area (Å²) in [5.41, 5.74) is -2.79. The normalized spacial score (nSPS) is 60.5. The van der Waals surface area contributed by atoms with Crippen molar-refractivity contribution in [3.63, 3.8) is 0 Å². The Hall–Kier alpha value is -1.32. The molecule has 0 aromatic rings. The van der Waals surface area contributed by atoms with E-state index in [0.29, 0.717) is 0 Å². The summed E-state index contributed by atoms with van der Waals surface area (Å²) in [6.45, 7) is 12.0. The number of carbonyl (C=O) groups excluding carboxylic acids is 2. The smallest absolute Gasteiger partial charge is 0.302 e. The quantitative estimate of drug-likeness (QED) is 0.423. The SMILES string of the molecule is CC(=O)O[C@@H]1CC([C@@H](C)[C@H]2C[C@]3(C)O[C@]3(C)[C@H](O)O2)[C@@]2(C)CCC3C(C[C@H]4O[C@]45[C@@H](O)C=CC(=O)[C@]35C)C12. The monoisotopic (exact) mass is 530 g/mol. The van der Waals surface area contributed by atoms with Crippen molar-refractivity contribution in [1.29, 1.82) is 0 Å². The van der Waals surface area contributed by atoms with Gasteiger partial charge in [-0.2, -0.15) is 0 Å². The molecule has 4 aliphatic carbocycles. The molecular formula is C30H42O8. The van der Waals surface area contributed by atoms with E-state index in [1.165, 1.54) is 6.92 Å². The Balaban J connectivity index is 1.23. The van der Waals surface area contributed by atoms with Crippen molar-refractivity contribution in [3.05, 3.63) is 12.2 Å². The van der Waals surface area contributed by atoms with Crippen molar-refractivity contribution in [2.75, 3.05) is 0 Å². The number of aliphatic hydroxyl groups excluding tert-OH is 2. The highest BCUT2D eigenvalue weighted by Crippen LogP contribution is 2.73. The molecule has 38 heavy (non-hydrogen) atoms. The van der Waals surface area contributed by atoms with Crippen molar-refractivity contribution in [2.45, 2.75) is 121 Å². The first-order valence-corrected chi connectivity index (χ1v) is 14.5. The minimum atomic E-state index is -0.964.